The molecule has 1 spiro atoms. The summed E-state index contributed by atoms with van der Waals surface area (Å²) in [6.45, 7) is 4.25. The molecule has 0 amide bonds. The van der Waals surface area contributed by atoms with Gasteiger partial charge in [-0.1, -0.05) is 24.3 Å². The van der Waals surface area contributed by atoms with Crippen LogP contribution in [0.2, 0.25) is 0 Å². The van der Waals surface area contributed by atoms with Crippen molar-refractivity contribution in [1.29, 1.82) is 0 Å². The van der Waals surface area contributed by atoms with Crippen molar-refractivity contribution in [2.45, 2.75) is 31.3 Å². The second kappa shape index (κ2) is 4.58. The number of hydrogen-bond acceptors (Lipinski definition) is 2. The number of pyridine rings is 1. The first-order valence-electron chi connectivity index (χ1n) is 8.58. The van der Waals surface area contributed by atoms with Gasteiger partial charge in [0.1, 0.15) is 5.54 Å². The predicted molar refractivity (Wildman–Crippen MR) is 93.4 cm³/mol. The van der Waals surface area contributed by atoms with E-state index in [2.05, 4.69) is 71.6 Å². The van der Waals surface area contributed by atoms with Crippen LogP contribution in [0.4, 0.5) is 0 Å². The van der Waals surface area contributed by atoms with Crippen molar-refractivity contribution in [2.24, 2.45) is 0 Å². The number of aryl methyl sites for hydroxylation is 1. The normalized spacial score (nSPS) is 30.5. The van der Waals surface area contributed by atoms with E-state index >= 15 is 0 Å². The largest absolute Gasteiger partial charge is 0.392 e. The van der Waals surface area contributed by atoms with E-state index in [-0.39, 0.29) is 12.1 Å². The van der Waals surface area contributed by atoms with Gasteiger partial charge in [0.25, 0.3) is 0 Å². The van der Waals surface area contributed by atoms with E-state index in [4.69, 9.17) is 0 Å². The van der Waals surface area contributed by atoms with Crippen molar-refractivity contribution in [2.75, 3.05) is 6.61 Å². The van der Waals surface area contributed by atoms with Gasteiger partial charge in [-0.05, 0) is 43.2 Å². The first-order chi connectivity index (χ1) is 11.7. The highest BCUT2D eigenvalue weighted by molar-refractivity contribution is 5.69. The topological polar surface area (TPSA) is 36.1 Å². The minimum absolute atomic E-state index is 0.0842. The Morgan fingerprint density at radius 1 is 1.25 bits per heavy atom. The van der Waals surface area contributed by atoms with Gasteiger partial charge in [0.2, 0.25) is 5.69 Å². The molecule has 0 bridgehead atoms. The lowest BCUT2D eigenvalue weighted by Gasteiger charge is -2.13. The fraction of sp³-hybridized carbons (Fsp3) is 0.286. The third-order valence-corrected chi connectivity index (χ3v) is 5.78. The molecule has 0 saturated heterocycles. The lowest BCUT2D eigenvalue weighted by atomic mass is 9.95. The molecule has 2 aromatic rings. The van der Waals surface area contributed by atoms with Crippen LogP contribution in [0.1, 0.15) is 30.0 Å². The molecule has 5 rings (SSSR count). The van der Waals surface area contributed by atoms with Crippen LogP contribution in [0, 0.1) is 6.92 Å². The molecule has 1 saturated carbocycles. The van der Waals surface area contributed by atoms with Crippen molar-refractivity contribution >= 4 is 0 Å². The van der Waals surface area contributed by atoms with Crippen LogP contribution in [0.5, 0.6) is 0 Å². The maximum absolute atomic E-state index is 9.74. The molecule has 3 unspecified atom stereocenters. The van der Waals surface area contributed by atoms with Crippen LogP contribution in [-0.2, 0) is 0 Å². The molecule has 3 atom stereocenters. The highest BCUT2D eigenvalue weighted by atomic mass is 16.3. The zero-order valence-corrected chi connectivity index (χ0v) is 14.0. The van der Waals surface area contributed by atoms with Gasteiger partial charge >= 0.3 is 0 Å². The smallest absolute Gasteiger partial charge is 0.213 e. The molecule has 3 aliphatic rings. The van der Waals surface area contributed by atoms with E-state index < -0.39 is 0 Å². The fourth-order valence-electron chi connectivity index (χ4n) is 4.73. The molecule has 3 heteroatoms. The summed E-state index contributed by atoms with van der Waals surface area (Å²) >= 11 is 0. The van der Waals surface area contributed by atoms with Crippen LogP contribution in [0.15, 0.2) is 66.0 Å². The molecular weight excluding hydrogens is 296 g/mol. The molecular formula is C21H21N2O+. The number of nitrogens with zero attached hydrogens (tertiary/aromatic N) is 1. The zero-order valence-electron chi connectivity index (χ0n) is 14.0. The summed E-state index contributed by atoms with van der Waals surface area (Å²) in [7, 11) is 0. The standard InChI is InChI=1S/C21H21N2O/c1-3-17-14(12-24)10-21(22-17)19-16-7-5-4-6-15(16)18-9-8-13(2)11-23(18)20(19)21/h3-11,19-20,22,24H,12H2,1-2H3/q+1/b17-3-. The van der Waals surface area contributed by atoms with E-state index in [0.717, 1.165) is 11.3 Å². The van der Waals surface area contributed by atoms with Gasteiger partial charge in [0, 0.05) is 22.9 Å². The van der Waals surface area contributed by atoms with Crippen LogP contribution in [0.3, 0.4) is 0 Å². The van der Waals surface area contributed by atoms with Crippen LogP contribution in [0.25, 0.3) is 11.3 Å². The number of benzene rings is 1. The zero-order chi connectivity index (χ0) is 16.5. The number of rotatable bonds is 1. The number of aromatic nitrogens is 1. The van der Waals surface area contributed by atoms with Gasteiger partial charge in [-0.2, -0.15) is 4.57 Å². The Labute approximate surface area is 142 Å². The number of nitrogens with one attached hydrogen (secondary N) is 1. The van der Waals surface area contributed by atoms with E-state index in [0.29, 0.717) is 12.0 Å². The Hall–Kier alpha value is -2.39. The van der Waals surface area contributed by atoms with E-state index in [9.17, 15) is 5.11 Å². The van der Waals surface area contributed by atoms with E-state index in [1.54, 1.807) is 0 Å². The molecule has 2 aliphatic heterocycles. The Balaban J connectivity index is 1.75. The average Bonchev–Trinajstić information content (AvgIpc) is 3.09. The maximum Gasteiger partial charge on any atom is 0.213 e. The second-order valence-corrected chi connectivity index (χ2v) is 7.10. The van der Waals surface area contributed by atoms with Gasteiger partial charge in [0.15, 0.2) is 12.2 Å². The van der Waals surface area contributed by atoms with E-state index in [1.807, 2.05) is 6.92 Å². The van der Waals surface area contributed by atoms with Crippen molar-refractivity contribution in [3.63, 3.8) is 0 Å². The van der Waals surface area contributed by atoms with Crippen LogP contribution >= 0.6 is 0 Å². The third-order valence-electron chi connectivity index (χ3n) is 5.78. The van der Waals surface area contributed by atoms with Gasteiger partial charge in [-0.3, -0.25) is 0 Å². The number of allylic oxidation sites excluding steroid dienone is 1. The Kier molecular flexibility index (Phi) is 2.67. The molecule has 1 aliphatic carbocycles. The van der Waals surface area contributed by atoms with Crippen LogP contribution < -0.4 is 9.88 Å². The van der Waals surface area contributed by atoms with Gasteiger partial charge < -0.3 is 10.4 Å². The SMILES string of the molecule is C/C=C1\NC2(C=C1CO)C1c3ccccc3-c3ccc(C)c[n+]3C12. The van der Waals surface area contributed by atoms with Gasteiger partial charge in [-0.25, -0.2) is 0 Å². The highest BCUT2D eigenvalue weighted by Gasteiger charge is 2.75. The molecule has 3 heterocycles. The van der Waals surface area contributed by atoms with Gasteiger partial charge in [-0.15, -0.1) is 0 Å². The summed E-state index contributed by atoms with van der Waals surface area (Å²) in [4.78, 5) is 0. The molecule has 2 N–H and O–H groups in total. The Morgan fingerprint density at radius 3 is 2.83 bits per heavy atom. The number of aliphatic hydroxyl groups is 1. The summed E-state index contributed by atoms with van der Waals surface area (Å²) in [6, 6.07) is 13.5. The molecule has 1 aromatic carbocycles. The lowest BCUT2D eigenvalue weighted by Crippen LogP contribution is -2.42. The monoisotopic (exact) mass is 317 g/mol. The molecule has 24 heavy (non-hydrogen) atoms. The second-order valence-electron chi connectivity index (χ2n) is 7.10. The molecule has 1 fully saturated rings. The van der Waals surface area contributed by atoms with Crippen molar-refractivity contribution in [3.8, 4) is 11.3 Å². The maximum atomic E-state index is 9.74. The molecule has 0 radical (unpaired) electrons. The minimum atomic E-state index is -0.111. The highest BCUT2D eigenvalue weighted by Crippen LogP contribution is 2.65. The quantitative estimate of drug-likeness (QED) is 0.794. The summed E-state index contributed by atoms with van der Waals surface area (Å²) in [6.07, 6.45) is 6.59. The first kappa shape index (κ1) is 14.0. The summed E-state index contributed by atoms with van der Waals surface area (Å²) in [5.74, 6) is 0.409. The summed E-state index contributed by atoms with van der Waals surface area (Å²) < 4.78 is 2.43. The summed E-state index contributed by atoms with van der Waals surface area (Å²) in [5, 5.41) is 13.5. The minimum Gasteiger partial charge on any atom is -0.392 e. The fourth-order valence-corrected chi connectivity index (χ4v) is 4.73. The van der Waals surface area contributed by atoms with Crippen molar-refractivity contribution < 1.29 is 9.67 Å². The number of fused-ring (bicyclic) bond motifs is 8. The molecule has 3 nitrogen and oxygen atoms in total. The van der Waals surface area contributed by atoms with Crippen molar-refractivity contribution in [3.05, 3.63) is 77.1 Å². The first-order valence-corrected chi connectivity index (χ1v) is 8.58. The van der Waals surface area contributed by atoms with Crippen molar-refractivity contribution in [1.82, 2.24) is 5.32 Å². The predicted octanol–water partition coefficient (Wildman–Crippen LogP) is 2.77. The molecule has 120 valence electrons. The van der Waals surface area contributed by atoms with Gasteiger partial charge in [0.05, 0.1) is 12.5 Å². The Morgan fingerprint density at radius 2 is 2.08 bits per heavy atom. The number of aliphatic hydroxyl groups excluding tert-OH is 1. The Bertz CT molecular complexity index is 927. The number of hydrogen-bond donors (Lipinski definition) is 2. The van der Waals surface area contributed by atoms with E-state index in [1.165, 1.54) is 22.4 Å². The lowest BCUT2D eigenvalue weighted by molar-refractivity contribution is -0.695. The third kappa shape index (κ3) is 1.58. The molecule has 1 aromatic heterocycles. The average molecular weight is 317 g/mol. The summed E-state index contributed by atoms with van der Waals surface area (Å²) in [5.41, 5.74) is 7.26. The van der Waals surface area contributed by atoms with Crippen LogP contribution in [-0.4, -0.2) is 17.3 Å².